The van der Waals surface area contributed by atoms with Gasteiger partial charge in [-0.25, -0.2) is 4.79 Å². The zero-order chi connectivity index (χ0) is 20.9. The smallest absolute Gasteiger partial charge is 0.407 e. The second kappa shape index (κ2) is 9.54. The van der Waals surface area contributed by atoms with Crippen LogP contribution < -0.4 is 5.32 Å². The summed E-state index contributed by atoms with van der Waals surface area (Å²) in [6.45, 7) is 10.4. The lowest BCUT2D eigenvalue weighted by Gasteiger charge is -2.36. The van der Waals surface area contributed by atoms with Gasteiger partial charge in [-0.3, -0.25) is 9.59 Å². The number of ketones is 1. The highest BCUT2D eigenvalue weighted by atomic mass is 32.1. The van der Waals surface area contributed by atoms with Crippen molar-refractivity contribution >= 4 is 29.1 Å². The Balaban J connectivity index is 1.88. The first-order valence-electron chi connectivity index (χ1n) is 9.93. The number of Topliss-reactive ketones (excluding diaryl/α,β-unsaturated/α-hetero) is 1. The molecule has 0 radical (unpaired) electrons. The van der Waals surface area contributed by atoms with Crippen LogP contribution in [-0.2, 0) is 9.53 Å². The molecule has 1 aliphatic heterocycles. The van der Waals surface area contributed by atoms with E-state index in [1.807, 2.05) is 45.6 Å². The van der Waals surface area contributed by atoms with Gasteiger partial charge in [0.05, 0.1) is 0 Å². The average molecular weight is 409 g/mol. The molecule has 1 unspecified atom stereocenters. The number of amides is 2. The molecule has 28 heavy (non-hydrogen) atoms. The van der Waals surface area contributed by atoms with Crippen LogP contribution in [0.25, 0.3) is 0 Å². The van der Waals surface area contributed by atoms with Gasteiger partial charge >= 0.3 is 6.09 Å². The minimum atomic E-state index is -0.551. The molecule has 2 heterocycles. The van der Waals surface area contributed by atoms with Crippen LogP contribution in [-0.4, -0.2) is 47.4 Å². The first-order valence-corrected chi connectivity index (χ1v) is 10.7. The van der Waals surface area contributed by atoms with Gasteiger partial charge in [0, 0.05) is 47.3 Å². The molecule has 1 atom stereocenters. The fraction of sp³-hybridized carbons (Fsp3) is 0.667. The van der Waals surface area contributed by atoms with Gasteiger partial charge in [0.1, 0.15) is 5.60 Å². The molecule has 1 aromatic rings. The van der Waals surface area contributed by atoms with Crippen LogP contribution in [0.2, 0.25) is 0 Å². The maximum Gasteiger partial charge on any atom is 0.407 e. The number of rotatable bonds is 6. The number of carbonyl (C=O) groups is 3. The quantitative estimate of drug-likeness (QED) is 0.715. The van der Waals surface area contributed by atoms with Crippen molar-refractivity contribution in [3.05, 3.63) is 21.4 Å². The Bertz CT molecular complexity index is 720. The van der Waals surface area contributed by atoms with Gasteiger partial charge in [-0.15, -0.1) is 11.3 Å². The third kappa shape index (κ3) is 6.62. The number of carbonyl (C=O) groups excluding carboxylic acids is 3. The van der Waals surface area contributed by atoms with E-state index >= 15 is 0 Å². The second-order valence-electron chi connectivity index (χ2n) is 8.37. The predicted octanol–water partition coefficient (Wildman–Crippen LogP) is 4.23. The second-order valence-corrected chi connectivity index (χ2v) is 9.83. The van der Waals surface area contributed by atoms with E-state index in [2.05, 4.69) is 5.32 Å². The van der Waals surface area contributed by atoms with E-state index in [0.717, 1.165) is 34.6 Å². The number of thiophene rings is 1. The maximum atomic E-state index is 12.7. The Morgan fingerprint density at radius 2 is 1.93 bits per heavy atom. The number of nitrogens with zero attached hydrogens (tertiary/aromatic N) is 1. The third-order valence-corrected chi connectivity index (χ3v) is 5.70. The zero-order valence-corrected chi connectivity index (χ0v) is 18.4. The van der Waals surface area contributed by atoms with Gasteiger partial charge in [-0.1, -0.05) is 0 Å². The van der Waals surface area contributed by atoms with E-state index < -0.39 is 11.7 Å². The van der Waals surface area contributed by atoms with Gasteiger partial charge in [0.15, 0.2) is 5.78 Å². The Morgan fingerprint density at radius 1 is 1.21 bits per heavy atom. The monoisotopic (exact) mass is 408 g/mol. The highest BCUT2D eigenvalue weighted by Crippen LogP contribution is 2.23. The minimum absolute atomic E-state index is 0.0198. The number of hydrogen-bond acceptors (Lipinski definition) is 5. The van der Waals surface area contributed by atoms with E-state index in [1.54, 1.807) is 11.3 Å². The number of hydrogen-bond donors (Lipinski definition) is 1. The van der Waals surface area contributed by atoms with Crippen LogP contribution in [0.5, 0.6) is 0 Å². The molecule has 2 amide bonds. The molecular weight excluding hydrogens is 376 g/mol. The maximum absolute atomic E-state index is 12.7. The molecule has 7 heteroatoms. The van der Waals surface area contributed by atoms with Crippen LogP contribution >= 0.6 is 11.3 Å². The van der Waals surface area contributed by atoms with E-state index in [-0.39, 0.29) is 30.6 Å². The topological polar surface area (TPSA) is 75.7 Å². The van der Waals surface area contributed by atoms with E-state index in [1.165, 1.54) is 0 Å². The van der Waals surface area contributed by atoms with Crippen LogP contribution in [0, 0.1) is 13.8 Å². The largest absolute Gasteiger partial charge is 0.444 e. The molecular formula is C21H32N2O4S. The highest BCUT2D eigenvalue weighted by Gasteiger charge is 2.28. The van der Waals surface area contributed by atoms with E-state index in [4.69, 9.17) is 4.74 Å². The minimum Gasteiger partial charge on any atom is -0.444 e. The fourth-order valence-electron chi connectivity index (χ4n) is 3.46. The number of alkyl carbamates (subject to hydrolysis) is 1. The van der Waals surface area contributed by atoms with Crippen molar-refractivity contribution < 1.29 is 19.1 Å². The molecule has 1 N–H and O–H groups in total. The SMILES string of the molecule is Cc1cc(C(=O)CCC(=O)N2CCCCC2CNC(=O)OC(C)(C)C)c(C)s1. The predicted molar refractivity (Wildman–Crippen MR) is 111 cm³/mol. The van der Waals surface area contributed by atoms with Crippen molar-refractivity contribution in [2.75, 3.05) is 13.1 Å². The highest BCUT2D eigenvalue weighted by molar-refractivity contribution is 7.12. The number of nitrogens with one attached hydrogen (secondary N) is 1. The molecule has 156 valence electrons. The molecule has 0 saturated carbocycles. The fourth-order valence-corrected chi connectivity index (χ4v) is 4.41. The van der Waals surface area contributed by atoms with Crippen molar-refractivity contribution in [1.29, 1.82) is 0 Å². The Kier molecular flexibility index (Phi) is 7.63. The molecule has 2 rings (SSSR count). The number of likely N-dealkylation sites (tertiary alicyclic amines) is 1. The first-order chi connectivity index (χ1) is 13.1. The van der Waals surface area contributed by atoms with Crippen molar-refractivity contribution in [3.63, 3.8) is 0 Å². The lowest BCUT2D eigenvalue weighted by atomic mass is 10.0. The van der Waals surface area contributed by atoms with Crippen LogP contribution in [0.15, 0.2) is 6.07 Å². The summed E-state index contributed by atoms with van der Waals surface area (Å²) < 4.78 is 5.27. The molecule has 0 bridgehead atoms. The van der Waals surface area contributed by atoms with Crippen molar-refractivity contribution in [2.24, 2.45) is 0 Å². The molecule has 0 aromatic carbocycles. The number of ether oxygens (including phenoxy) is 1. The summed E-state index contributed by atoms with van der Waals surface area (Å²) in [5.74, 6) is 0.00397. The first kappa shape index (κ1) is 22.4. The summed E-state index contributed by atoms with van der Waals surface area (Å²) in [6.07, 6.45) is 2.78. The summed E-state index contributed by atoms with van der Waals surface area (Å²) in [5.41, 5.74) is 0.182. The normalized spacial score (nSPS) is 17.3. The Labute approximate surface area is 171 Å². The average Bonchev–Trinajstić information content (AvgIpc) is 2.94. The molecule has 1 aliphatic rings. The summed E-state index contributed by atoms with van der Waals surface area (Å²) in [7, 11) is 0. The van der Waals surface area contributed by atoms with Crippen LogP contribution in [0.3, 0.4) is 0 Å². The molecule has 0 aliphatic carbocycles. The zero-order valence-electron chi connectivity index (χ0n) is 17.6. The molecule has 1 saturated heterocycles. The van der Waals surface area contributed by atoms with Crippen LogP contribution in [0.4, 0.5) is 4.79 Å². The summed E-state index contributed by atoms with van der Waals surface area (Å²) in [5, 5.41) is 2.77. The number of piperidine rings is 1. The van der Waals surface area contributed by atoms with Crippen molar-refractivity contribution in [2.45, 2.75) is 78.4 Å². The van der Waals surface area contributed by atoms with Gasteiger partial charge in [0.25, 0.3) is 0 Å². The Hall–Kier alpha value is -1.89. The lowest BCUT2D eigenvalue weighted by molar-refractivity contribution is -0.134. The summed E-state index contributed by atoms with van der Waals surface area (Å²) in [4.78, 5) is 41.0. The van der Waals surface area contributed by atoms with Gasteiger partial charge in [-0.05, 0) is 59.9 Å². The van der Waals surface area contributed by atoms with Crippen LogP contribution in [0.1, 0.15) is 73.0 Å². The summed E-state index contributed by atoms with van der Waals surface area (Å²) >= 11 is 1.61. The van der Waals surface area contributed by atoms with Gasteiger partial charge < -0.3 is 15.0 Å². The van der Waals surface area contributed by atoms with Gasteiger partial charge in [0.2, 0.25) is 5.91 Å². The summed E-state index contributed by atoms with van der Waals surface area (Å²) in [6, 6.07) is 1.86. The molecule has 1 aromatic heterocycles. The standard InChI is InChI=1S/C21H32N2O4S/c1-14-12-17(15(2)28-14)18(24)9-10-19(25)23-11-7-6-8-16(23)13-22-20(26)27-21(3,4)5/h12,16H,6-11,13H2,1-5H3,(H,22,26). The van der Waals surface area contributed by atoms with Crippen molar-refractivity contribution in [3.8, 4) is 0 Å². The van der Waals surface area contributed by atoms with E-state index in [0.29, 0.717) is 13.1 Å². The Morgan fingerprint density at radius 3 is 2.54 bits per heavy atom. The third-order valence-electron chi connectivity index (χ3n) is 4.74. The molecule has 0 spiro atoms. The van der Waals surface area contributed by atoms with E-state index in [9.17, 15) is 14.4 Å². The molecule has 1 fully saturated rings. The van der Waals surface area contributed by atoms with Gasteiger partial charge in [-0.2, -0.15) is 0 Å². The van der Waals surface area contributed by atoms with Crippen molar-refractivity contribution in [1.82, 2.24) is 10.2 Å². The lowest BCUT2D eigenvalue weighted by Crippen LogP contribution is -2.50. The molecule has 6 nitrogen and oxygen atoms in total. The number of aryl methyl sites for hydroxylation is 2.